The van der Waals surface area contributed by atoms with Gasteiger partial charge in [-0.05, 0) is 72.6 Å². The third-order valence-corrected chi connectivity index (χ3v) is 4.47. The molecule has 2 nitrogen and oxygen atoms in total. The normalized spacial score (nSPS) is 12.3. The van der Waals surface area contributed by atoms with Gasteiger partial charge in [-0.1, -0.05) is 52.4 Å². The van der Waals surface area contributed by atoms with Crippen LogP contribution in [0.3, 0.4) is 0 Å². The largest absolute Gasteiger partial charge is 0.317 e. The molecule has 0 aromatic rings. The first-order valence-electron chi connectivity index (χ1n) is 9.98. The van der Waals surface area contributed by atoms with Crippen LogP contribution in [-0.4, -0.2) is 36.6 Å². The van der Waals surface area contributed by atoms with E-state index in [0.717, 1.165) is 0 Å². The molecule has 0 aliphatic heterocycles. The third-order valence-electron chi connectivity index (χ3n) is 4.47. The Bertz CT molecular complexity index is 220. The van der Waals surface area contributed by atoms with E-state index in [2.05, 4.69) is 44.8 Å². The molecular formula is C20H44N2. The van der Waals surface area contributed by atoms with Crippen molar-refractivity contribution in [2.45, 2.75) is 104 Å². The molecule has 0 spiro atoms. The molecular weight excluding hydrogens is 268 g/mol. The Hall–Kier alpha value is -0.0800. The van der Waals surface area contributed by atoms with Crippen LogP contribution < -0.4 is 5.32 Å². The van der Waals surface area contributed by atoms with Crippen molar-refractivity contribution in [2.75, 3.05) is 26.2 Å². The zero-order chi connectivity index (χ0) is 16.7. The zero-order valence-corrected chi connectivity index (χ0v) is 16.3. The quantitative estimate of drug-likeness (QED) is 0.395. The second-order valence-corrected chi connectivity index (χ2v) is 7.74. The highest BCUT2D eigenvalue weighted by atomic mass is 15.2. The van der Waals surface area contributed by atoms with Gasteiger partial charge in [-0.15, -0.1) is 0 Å². The highest BCUT2D eigenvalue weighted by Gasteiger charge is 2.19. The van der Waals surface area contributed by atoms with Gasteiger partial charge in [0, 0.05) is 5.54 Å². The van der Waals surface area contributed by atoms with E-state index in [9.17, 15) is 0 Å². The van der Waals surface area contributed by atoms with Crippen LogP contribution in [0.5, 0.6) is 0 Å². The summed E-state index contributed by atoms with van der Waals surface area (Å²) in [5.41, 5.74) is 0.333. The third kappa shape index (κ3) is 13.6. The van der Waals surface area contributed by atoms with Gasteiger partial charge in [-0.2, -0.15) is 0 Å². The monoisotopic (exact) mass is 312 g/mol. The van der Waals surface area contributed by atoms with Crippen molar-refractivity contribution < 1.29 is 0 Å². The van der Waals surface area contributed by atoms with Crippen LogP contribution in [0.1, 0.15) is 98.8 Å². The maximum Gasteiger partial charge on any atom is 0.0125 e. The van der Waals surface area contributed by atoms with Gasteiger partial charge in [-0.25, -0.2) is 0 Å². The maximum absolute atomic E-state index is 3.53. The van der Waals surface area contributed by atoms with Gasteiger partial charge in [-0.3, -0.25) is 4.90 Å². The SMILES string of the molecule is CCCCNCCCCCCCCN(CCCC)C(C)(C)C. The van der Waals surface area contributed by atoms with Crippen LogP contribution in [0.15, 0.2) is 0 Å². The molecule has 0 saturated carbocycles. The van der Waals surface area contributed by atoms with E-state index in [0.29, 0.717) is 5.54 Å². The predicted octanol–water partition coefficient (Wildman–Crippen LogP) is 5.62. The number of hydrogen-bond acceptors (Lipinski definition) is 2. The molecule has 0 radical (unpaired) electrons. The number of unbranched alkanes of at least 4 members (excludes halogenated alkanes) is 7. The highest BCUT2D eigenvalue weighted by molar-refractivity contribution is 4.75. The molecule has 0 heterocycles. The lowest BCUT2D eigenvalue weighted by molar-refractivity contribution is 0.131. The molecule has 0 amide bonds. The maximum atomic E-state index is 3.53. The van der Waals surface area contributed by atoms with E-state index in [-0.39, 0.29) is 0 Å². The Morgan fingerprint density at radius 1 is 0.636 bits per heavy atom. The fourth-order valence-electron chi connectivity index (χ4n) is 2.82. The molecule has 0 aromatic heterocycles. The second kappa shape index (κ2) is 14.5. The van der Waals surface area contributed by atoms with Gasteiger partial charge in [0.25, 0.3) is 0 Å². The molecule has 0 atom stereocenters. The van der Waals surface area contributed by atoms with Crippen LogP contribution >= 0.6 is 0 Å². The van der Waals surface area contributed by atoms with Gasteiger partial charge in [0.2, 0.25) is 0 Å². The summed E-state index contributed by atoms with van der Waals surface area (Å²) in [6, 6.07) is 0. The van der Waals surface area contributed by atoms with Crippen LogP contribution in [0.25, 0.3) is 0 Å². The first kappa shape index (κ1) is 21.9. The Balaban J connectivity index is 3.46. The summed E-state index contributed by atoms with van der Waals surface area (Å²) in [7, 11) is 0. The molecule has 0 saturated heterocycles. The molecule has 2 heteroatoms. The van der Waals surface area contributed by atoms with Crippen LogP contribution in [0.4, 0.5) is 0 Å². The van der Waals surface area contributed by atoms with Crippen molar-refractivity contribution in [3.05, 3.63) is 0 Å². The Morgan fingerprint density at radius 3 is 1.73 bits per heavy atom. The lowest BCUT2D eigenvalue weighted by Gasteiger charge is -2.35. The molecule has 0 aliphatic rings. The minimum atomic E-state index is 0.333. The van der Waals surface area contributed by atoms with E-state index in [1.165, 1.54) is 90.4 Å². The van der Waals surface area contributed by atoms with Crippen LogP contribution in [0, 0.1) is 0 Å². The number of nitrogens with zero attached hydrogens (tertiary/aromatic N) is 1. The first-order chi connectivity index (χ1) is 10.5. The predicted molar refractivity (Wildman–Crippen MR) is 102 cm³/mol. The second-order valence-electron chi connectivity index (χ2n) is 7.74. The molecule has 134 valence electrons. The molecule has 0 rings (SSSR count). The average molecular weight is 313 g/mol. The molecule has 0 fully saturated rings. The van der Waals surface area contributed by atoms with Crippen molar-refractivity contribution in [3.63, 3.8) is 0 Å². The Morgan fingerprint density at radius 2 is 1.14 bits per heavy atom. The van der Waals surface area contributed by atoms with Gasteiger partial charge in [0.1, 0.15) is 0 Å². The summed E-state index contributed by atoms with van der Waals surface area (Å²) in [6.07, 6.45) is 13.6. The van der Waals surface area contributed by atoms with Crippen molar-refractivity contribution in [1.82, 2.24) is 10.2 Å². The van der Waals surface area contributed by atoms with E-state index in [1.54, 1.807) is 0 Å². The van der Waals surface area contributed by atoms with Crippen LogP contribution in [0.2, 0.25) is 0 Å². The van der Waals surface area contributed by atoms with E-state index in [4.69, 9.17) is 0 Å². The first-order valence-corrected chi connectivity index (χ1v) is 9.98. The standard InChI is InChI=1S/C20H44N2/c1-6-8-16-21-17-14-12-10-11-13-15-19-22(18-9-7-2)20(3,4)5/h21H,6-19H2,1-5H3. The smallest absolute Gasteiger partial charge is 0.0125 e. The van der Waals surface area contributed by atoms with Gasteiger partial charge in [0.05, 0.1) is 0 Å². The lowest BCUT2D eigenvalue weighted by atomic mass is 10.0. The van der Waals surface area contributed by atoms with Crippen molar-refractivity contribution in [1.29, 1.82) is 0 Å². The fraction of sp³-hybridized carbons (Fsp3) is 1.00. The summed E-state index contributed by atoms with van der Waals surface area (Å²) in [4.78, 5) is 2.67. The van der Waals surface area contributed by atoms with Gasteiger partial charge < -0.3 is 5.32 Å². The summed E-state index contributed by atoms with van der Waals surface area (Å²) >= 11 is 0. The van der Waals surface area contributed by atoms with Crippen molar-refractivity contribution in [3.8, 4) is 0 Å². The molecule has 0 aliphatic carbocycles. The Labute approximate surface area is 141 Å². The molecule has 1 N–H and O–H groups in total. The van der Waals surface area contributed by atoms with Gasteiger partial charge in [0.15, 0.2) is 0 Å². The molecule has 22 heavy (non-hydrogen) atoms. The van der Waals surface area contributed by atoms with Crippen LogP contribution in [-0.2, 0) is 0 Å². The zero-order valence-electron chi connectivity index (χ0n) is 16.3. The molecule has 0 unspecified atom stereocenters. The summed E-state index contributed by atoms with van der Waals surface area (Å²) in [6.45, 7) is 16.6. The Kier molecular flexibility index (Phi) is 14.5. The van der Waals surface area contributed by atoms with Crippen molar-refractivity contribution in [2.24, 2.45) is 0 Å². The van der Waals surface area contributed by atoms with E-state index < -0.39 is 0 Å². The lowest BCUT2D eigenvalue weighted by Crippen LogP contribution is -2.42. The van der Waals surface area contributed by atoms with Gasteiger partial charge >= 0.3 is 0 Å². The minimum absolute atomic E-state index is 0.333. The van der Waals surface area contributed by atoms with Crippen molar-refractivity contribution >= 4 is 0 Å². The average Bonchev–Trinajstić information content (AvgIpc) is 2.46. The fourth-order valence-corrected chi connectivity index (χ4v) is 2.82. The summed E-state index contributed by atoms with van der Waals surface area (Å²) < 4.78 is 0. The topological polar surface area (TPSA) is 15.3 Å². The number of rotatable bonds is 15. The minimum Gasteiger partial charge on any atom is -0.317 e. The highest BCUT2D eigenvalue weighted by Crippen LogP contribution is 2.16. The molecule has 0 bridgehead atoms. The van der Waals surface area contributed by atoms with E-state index in [1.807, 2.05) is 0 Å². The van der Waals surface area contributed by atoms with E-state index >= 15 is 0 Å². The number of nitrogens with one attached hydrogen (secondary N) is 1. The molecule has 0 aromatic carbocycles. The summed E-state index contributed by atoms with van der Waals surface area (Å²) in [5, 5.41) is 3.53. The number of hydrogen-bond donors (Lipinski definition) is 1. The summed E-state index contributed by atoms with van der Waals surface area (Å²) in [5.74, 6) is 0.